The first kappa shape index (κ1) is 39.3. The van der Waals surface area contributed by atoms with Gasteiger partial charge in [-0.2, -0.15) is 0 Å². The van der Waals surface area contributed by atoms with Crippen LogP contribution in [0.4, 0.5) is 5.69 Å². The van der Waals surface area contributed by atoms with E-state index in [1.807, 2.05) is 18.2 Å². The van der Waals surface area contributed by atoms with Gasteiger partial charge in [-0.3, -0.25) is 14.2 Å². The minimum atomic E-state index is -3.97. The molecule has 2 aliphatic heterocycles. The molecule has 17 heteroatoms. The van der Waals surface area contributed by atoms with Crippen molar-refractivity contribution in [3.05, 3.63) is 88.4 Å². The SMILES string of the molecule is O=C(NCCO[PH](=O)CC(=O)N1[C@@H]2CCCC[C@@H]2C[C@H]1C(=O)O)c1ccc(CNS(=O)(=O)c2cc3c(cc2Cl)NC(CCc2ccccc2)NS3)cc1. The number of benzene rings is 3. The van der Waals surface area contributed by atoms with Crippen LogP contribution in [0.2, 0.25) is 5.02 Å². The fourth-order valence-corrected chi connectivity index (χ4v) is 10.5. The van der Waals surface area contributed by atoms with E-state index < -0.39 is 41.9 Å². The molecule has 2 fully saturated rings. The Kier molecular flexibility index (Phi) is 13.2. The molecule has 284 valence electrons. The van der Waals surface area contributed by atoms with Crippen molar-refractivity contribution in [3.63, 3.8) is 0 Å². The normalized spacial score (nSPS) is 21.6. The molecule has 0 spiro atoms. The summed E-state index contributed by atoms with van der Waals surface area (Å²) in [4.78, 5) is 39.5. The number of halogens is 1. The summed E-state index contributed by atoms with van der Waals surface area (Å²) < 4.78 is 50.3. The molecule has 2 amide bonds. The lowest BCUT2D eigenvalue weighted by molar-refractivity contribution is -0.148. The van der Waals surface area contributed by atoms with Crippen LogP contribution in [-0.2, 0) is 41.7 Å². The summed E-state index contributed by atoms with van der Waals surface area (Å²) in [6.45, 7) is -0.0814. The highest BCUT2D eigenvalue weighted by Crippen LogP contribution is 2.41. The number of carbonyl (C=O) groups excluding carboxylic acids is 2. The standard InChI is InChI=1S/C36H43ClN5O8PS2/c37-27-19-28-31(52-41-33(40-28)15-12-23-6-2-1-3-7-23)20-32(27)53(48,49)39-21-24-10-13-25(14-11-24)35(44)38-16-17-50-51(47)22-34(43)42-29-9-5-4-8-26(29)18-30(42)36(45)46/h1-3,6-7,10-11,13-14,19-20,26,29-30,33,39-41,51H,4-5,8-9,12,15-18,21-22H2,(H,38,44)(H,45,46)/t26-,29-,30+,33?/m1/s1. The van der Waals surface area contributed by atoms with Gasteiger partial charge in [-0.05, 0) is 85.4 Å². The molecule has 2 unspecified atom stereocenters. The maximum atomic E-state index is 13.2. The van der Waals surface area contributed by atoms with Crippen LogP contribution in [-0.4, -0.2) is 73.8 Å². The molecule has 3 aliphatic rings. The van der Waals surface area contributed by atoms with E-state index in [4.69, 9.17) is 16.1 Å². The number of hydrogen-bond donors (Lipinski definition) is 5. The van der Waals surface area contributed by atoms with Gasteiger partial charge in [0.25, 0.3) is 5.91 Å². The highest BCUT2D eigenvalue weighted by molar-refractivity contribution is 7.97. The Bertz CT molecular complexity index is 1940. The summed E-state index contributed by atoms with van der Waals surface area (Å²) >= 11 is 7.82. The minimum absolute atomic E-state index is 0.0167. The number of nitrogens with zero attached hydrogens (tertiary/aromatic N) is 1. The molecule has 5 N–H and O–H groups in total. The number of nitrogens with one attached hydrogen (secondary N) is 4. The Morgan fingerprint density at radius 1 is 1.04 bits per heavy atom. The average molecular weight is 804 g/mol. The molecule has 2 heterocycles. The summed E-state index contributed by atoms with van der Waals surface area (Å²) in [6.07, 6.45) is 5.33. The fraction of sp³-hybridized carbons (Fsp3) is 0.417. The van der Waals surface area contributed by atoms with Gasteiger partial charge in [-0.15, -0.1) is 0 Å². The molecule has 1 aliphatic carbocycles. The molecular formula is C36H43ClN5O8PS2. The number of fused-ring (bicyclic) bond motifs is 2. The third-order valence-electron chi connectivity index (χ3n) is 9.82. The third-order valence-corrected chi connectivity index (χ3v) is 13.8. The van der Waals surface area contributed by atoms with Crippen molar-refractivity contribution in [2.24, 2.45) is 5.92 Å². The zero-order chi connectivity index (χ0) is 37.5. The first-order chi connectivity index (χ1) is 25.5. The molecule has 5 atom stereocenters. The number of hydrogen-bond acceptors (Lipinski definition) is 10. The summed E-state index contributed by atoms with van der Waals surface area (Å²) in [5.74, 6) is -1.77. The van der Waals surface area contributed by atoms with Crippen LogP contribution in [0.3, 0.4) is 0 Å². The van der Waals surface area contributed by atoms with Gasteiger partial charge >= 0.3 is 5.97 Å². The number of likely N-dealkylation sites (tertiary alicyclic amines) is 1. The molecular weight excluding hydrogens is 761 g/mol. The lowest BCUT2D eigenvalue weighted by Gasteiger charge is -2.33. The van der Waals surface area contributed by atoms with Crippen LogP contribution >= 0.6 is 31.6 Å². The van der Waals surface area contributed by atoms with E-state index in [9.17, 15) is 32.5 Å². The Labute approximate surface area is 319 Å². The summed E-state index contributed by atoms with van der Waals surface area (Å²) in [5.41, 5.74) is 2.93. The topological polar surface area (TPSA) is 183 Å². The van der Waals surface area contributed by atoms with Gasteiger partial charge in [-0.1, -0.05) is 66.9 Å². The van der Waals surface area contributed by atoms with Crippen LogP contribution < -0.4 is 20.1 Å². The van der Waals surface area contributed by atoms with Crippen molar-refractivity contribution in [2.75, 3.05) is 24.6 Å². The largest absolute Gasteiger partial charge is 0.480 e. The predicted octanol–water partition coefficient (Wildman–Crippen LogP) is 5.27. The second kappa shape index (κ2) is 17.8. The summed E-state index contributed by atoms with van der Waals surface area (Å²) in [7, 11) is -6.77. The van der Waals surface area contributed by atoms with Crippen molar-refractivity contribution in [2.45, 2.75) is 79.5 Å². The first-order valence-corrected chi connectivity index (χ1v) is 21.8. The van der Waals surface area contributed by atoms with E-state index in [0.717, 1.165) is 44.2 Å². The number of aliphatic carboxylic acids is 1. The highest BCUT2D eigenvalue weighted by Gasteiger charge is 2.47. The zero-order valence-electron chi connectivity index (χ0n) is 28.9. The molecule has 0 bridgehead atoms. The molecule has 0 radical (unpaired) electrons. The molecule has 3 aromatic carbocycles. The molecule has 3 aromatic rings. The van der Waals surface area contributed by atoms with E-state index >= 15 is 0 Å². The quantitative estimate of drug-likeness (QED) is 0.0768. The van der Waals surface area contributed by atoms with Crippen molar-refractivity contribution in [1.29, 1.82) is 0 Å². The van der Waals surface area contributed by atoms with Crippen molar-refractivity contribution in [3.8, 4) is 0 Å². The highest BCUT2D eigenvalue weighted by atomic mass is 35.5. The number of rotatable bonds is 15. The number of carboxylic acid groups (broad SMARTS) is 1. The van der Waals surface area contributed by atoms with E-state index in [-0.39, 0.29) is 53.9 Å². The van der Waals surface area contributed by atoms with Gasteiger partial charge in [0, 0.05) is 29.6 Å². The lowest BCUT2D eigenvalue weighted by atomic mass is 9.85. The Hall–Kier alpha value is -3.43. The van der Waals surface area contributed by atoms with Crippen molar-refractivity contribution >= 4 is 65.1 Å². The summed E-state index contributed by atoms with van der Waals surface area (Å²) in [5, 5.41) is 15.8. The third kappa shape index (κ3) is 10.0. The molecule has 1 saturated carbocycles. The molecule has 0 aromatic heterocycles. The second-order valence-electron chi connectivity index (χ2n) is 13.4. The summed E-state index contributed by atoms with van der Waals surface area (Å²) in [6, 6.07) is 18.7. The van der Waals surface area contributed by atoms with Crippen LogP contribution in [0.25, 0.3) is 0 Å². The first-order valence-electron chi connectivity index (χ1n) is 17.6. The molecule has 53 heavy (non-hydrogen) atoms. The van der Waals surface area contributed by atoms with E-state index in [1.54, 1.807) is 30.3 Å². The van der Waals surface area contributed by atoms with E-state index in [2.05, 4.69) is 32.2 Å². The van der Waals surface area contributed by atoms with E-state index in [0.29, 0.717) is 22.4 Å². The van der Waals surface area contributed by atoms with Gasteiger partial charge in [-0.25, -0.2) is 22.7 Å². The van der Waals surface area contributed by atoms with Gasteiger partial charge < -0.3 is 25.2 Å². The van der Waals surface area contributed by atoms with Gasteiger partial charge in [0.05, 0.1) is 23.5 Å². The van der Waals surface area contributed by atoms with Crippen molar-refractivity contribution < 1.29 is 37.0 Å². The second-order valence-corrected chi connectivity index (χ2v) is 17.8. The average Bonchev–Trinajstić information content (AvgIpc) is 3.55. The maximum absolute atomic E-state index is 13.2. The lowest BCUT2D eigenvalue weighted by Crippen LogP contribution is -2.47. The number of anilines is 1. The number of carboxylic acids is 1. The van der Waals surface area contributed by atoms with Crippen LogP contribution in [0.1, 0.15) is 60.0 Å². The Morgan fingerprint density at radius 3 is 2.55 bits per heavy atom. The molecule has 6 rings (SSSR count). The van der Waals surface area contributed by atoms with Gasteiger partial charge in [0.2, 0.25) is 24.0 Å². The van der Waals surface area contributed by atoms with Gasteiger partial charge in [0.1, 0.15) is 17.1 Å². The van der Waals surface area contributed by atoms with Gasteiger partial charge in [0.15, 0.2) is 0 Å². The zero-order valence-corrected chi connectivity index (χ0v) is 32.3. The number of carbonyl (C=O) groups is 3. The minimum Gasteiger partial charge on any atom is -0.480 e. The smallest absolute Gasteiger partial charge is 0.326 e. The van der Waals surface area contributed by atoms with E-state index in [1.165, 1.54) is 28.5 Å². The van der Waals surface area contributed by atoms with Crippen LogP contribution in [0.5, 0.6) is 0 Å². The Balaban J connectivity index is 0.929. The van der Waals surface area contributed by atoms with Crippen LogP contribution in [0.15, 0.2) is 76.5 Å². The number of aryl methyl sites for hydroxylation is 1. The van der Waals surface area contributed by atoms with Crippen molar-refractivity contribution in [1.82, 2.24) is 19.7 Å². The number of amides is 2. The monoisotopic (exact) mass is 803 g/mol. The molecule has 13 nitrogen and oxygen atoms in total. The fourth-order valence-electron chi connectivity index (χ4n) is 7.14. The number of sulfonamides is 1. The molecule has 1 saturated heterocycles. The Morgan fingerprint density at radius 2 is 1.79 bits per heavy atom. The van der Waals surface area contributed by atoms with Crippen LogP contribution in [0, 0.1) is 5.92 Å². The maximum Gasteiger partial charge on any atom is 0.326 e. The predicted molar refractivity (Wildman–Crippen MR) is 204 cm³/mol.